The Morgan fingerprint density at radius 2 is 2.28 bits per heavy atom. The lowest BCUT2D eigenvalue weighted by molar-refractivity contribution is 0.370. The summed E-state index contributed by atoms with van der Waals surface area (Å²) in [6, 6.07) is 7.41. The van der Waals surface area contributed by atoms with E-state index in [1.807, 2.05) is 19.1 Å². The van der Waals surface area contributed by atoms with Crippen molar-refractivity contribution >= 4 is 0 Å². The van der Waals surface area contributed by atoms with E-state index in [-0.39, 0.29) is 11.8 Å². The van der Waals surface area contributed by atoms with Crippen LogP contribution < -0.4 is 5.32 Å². The van der Waals surface area contributed by atoms with Gasteiger partial charge >= 0.3 is 0 Å². The zero-order valence-electron chi connectivity index (χ0n) is 10.6. The maximum atomic E-state index is 9.41. The van der Waals surface area contributed by atoms with E-state index >= 15 is 0 Å². The molecular weight excluding hydrogens is 230 g/mol. The summed E-state index contributed by atoms with van der Waals surface area (Å²) in [5.74, 6) is 1.59. The molecule has 5 nitrogen and oxygen atoms in total. The minimum absolute atomic E-state index is 0.168. The van der Waals surface area contributed by atoms with Gasteiger partial charge in [-0.1, -0.05) is 17.3 Å². The van der Waals surface area contributed by atoms with Gasteiger partial charge in [0.25, 0.3) is 0 Å². The van der Waals surface area contributed by atoms with Crippen LogP contribution in [0.3, 0.4) is 0 Å². The zero-order valence-corrected chi connectivity index (χ0v) is 10.6. The molecule has 1 aromatic heterocycles. The largest absolute Gasteiger partial charge is 0.508 e. The van der Waals surface area contributed by atoms with E-state index in [0.29, 0.717) is 18.1 Å². The van der Waals surface area contributed by atoms with E-state index in [4.69, 9.17) is 4.52 Å². The van der Waals surface area contributed by atoms with Gasteiger partial charge in [0.15, 0.2) is 5.82 Å². The number of hydrogen-bond acceptors (Lipinski definition) is 5. The minimum atomic E-state index is 0.168. The van der Waals surface area contributed by atoms with E-state index in [9.17, 15) is 5.11 Å². The van der Waals surface area contributed by atoms with Gasteiger partial charge < -0.3 is 14.9 Å². The second-order valence-electron chi connectivity index (χ2n) is 4.26. The number of hydrogen-bond donors (Lipinski definition) is 2. The third-order valence-corrected chi connectivity index (χ3v) is 2.73. The Kier molecular flexibility index (Phi) is 3.94. The lowest BCUT2D eigenvalue weighted by Crippen LogP contribution is -2.21. The van der Waals surface area contributed by atoms with Gasteiger partial charge in [-0.25, -0.2) is 0 Å². The van der Waals surface area contributed by atoms with Gasteiger partial charge in [0, 0.05) is 19.0 Å². The van der Waals surface area contributed by atoms with Crippen LogP contribution in [0.1, 0.15) is 30.2 Å². The fourth-order valence-electron chi connectivity index (χ4n) is 1.75. The van der Waals surface area contributed by atoms with Crippen LogP contribution in [0.15, 0.2) is 28.8 Å². The Morgan fingerprint density at radius 3 is 2.94 bits per heavy atom. The van der Waals surface area contributed by atoms with Crippen molar-refractivity contribution in [3.05, 3.63) is 41.5 Å². The Hall–Kier alpha value is -1.88. The molecule has 1 atom stereocenters. The molecule has 0 radical (unpaired) electrons. The average Bonchev–Trinajstić information content (AvgIpc) is 2.75. The molecule has 1 unspecified atom stereocenters. The van der Waals surface area contributed by atoms with Crippen LogP contribution in [0.4, 0.5) is 0 Å². The first kappa shape index (κ1) is 12.6. The number of aromatic nitrogens is 2. The lowest BCUT2D eigenvalue weighted by atomic mass is 10.1. The third kappa shape index (κ3) is 3.30. The summed E-state index contributed by atoms with van der Waals surface area (Å²) in [7, 11) is 0. The van der Waals surface area contributed by atoms with E-state index in [2.05, 4.69) is 15.5 Å². The van der Waals surface area contributed by atoms with Gasteiger partial charge in [0.1, 0.15) is 5.75 Å². The molecule has 1 aromatic carbocycles. The molecule has 0 aliphatic rings. The number of aryl methyl sites for hydroxylation is 1. The number of aromatic hydroxyl groups is 1. The molecule has 0 aliphatic heterocycles. The first-order chi connectivity index (χ1) is 8.65. The molecule has 0 bridgehead atoms. The van der Waals surface area contributed by atoms with Gasteiger partial charge in [-0.05, 0) is 31.5 Å². The van der Waals surface area contributed by atoms with Crippen molar-refractivity contribution in [1.29, 1.82) is 0 Å². The normalized spacial score (nSPS) is 12.6. The SMILES string of the molecule is Cc1noc(CCNC(C)c2cccc(O)c2)n1. The number of benzene rings is 1. The average molecular weight is 247 g/mol. The summed E-state index contributed by atoms with van der Waals surface area (Å²) in [4.78, 5) is 4.14. The predicted molar refractivity (Wildman–Crippen MR) is 67.3 cm³/mol. The van der Waals surface area contributed by atoms with Crippen LogP contribution in [0.5, 0.6) is 5.75 Å². The van der Waals surface area contributed by atoms with Gasteiger partial charge in [0.2, 0.25) is 5.89 Å². The summed E-state index contributed by atoms with van der Waals surface area (Å²) >= 11 is 0. The van der Waals surface area contributed by atoms with Gasteiger partial charge in [-0.3, -0.25) is 0 Å². The second kappa shape index (κ2) is 5.64. The summed E-state index contributed by atoms with van der Waals surface area (Å²) in [5.41, 5.74) is 1.05. The first-order valence-electron chi connectivity index (χ1n) is 5.96. The second-order valence-corrected chi connectivity index (χ2v) is 4.26. The van der Waals surface area contributed by atoms with Crippen LogP contribution in [0, 0.1) is 6.92 Å². The monoisotopic (exact) mass is 247 g/mol. The number of rotatable bonds is 5. The molecule has 0 spiro atoms. The molecule has 96 valence electrons. The molecule has 0 amide bonds. The summed E-state index contributed by atoms with van der Waals surface area (Å²) < 4.78 is 5.03. The molecule has 0 saturated carbocycles. The summed E-state index contributed by atoms with van der Waals surface area (Å²) in [6.07, 6.45) is 0.698. The molecule has 2 aromatic rings. The van der Waals surface area contributed by atoms with Crippen molar-refractivity contribution in [3.63, 3.8) is 0 Å². The predicted octanol–water partition coefficient (Wildman–Crippen LogP) is 1.98. The summed E-state index contributed by atoms with van der Waals surface area (Å²) in [5, 5.41) is 16.5. The molecule has 18 heavy (non-hydrogen) atoms. The van der Waals surface area contributed by atoms with Gasteiger partial charge in [0.05, 0.1) is 0 Å². The van der Waals surface area contributed by atoms with Crippen LogP contribution in [-0.2, 0) is 6.42 Å². The van der Waals surface area contributed by atoms with E-state index in [1.165, 1.54) is 0 Å². The Bertz CT molecular complexity index is 510. The maximum Gasteiger partial charge on any atom is 0.227 e. The number of nitrogens with zero attached hydrogens (tertiary/aromatic N) is 2. The van der Waals surface area contributed by atoms with Crippen LogP contribution in [0.25, 0.3) is 0 Å². The third-order valence-electron chi connectivity index (χ3n) is 2.73. The van der Waals surface area contributed by atoms with Crippen LogP contribution >= 0.6 is 0 Å². The van der Waals surface area contributed by atoms with Gasteiger partial charge in [-0.15, -0.1) is 0 Å². The fourth-order valence-corrected chi connectivity index (χ4v) is 1.75. The Morgan fingerprint density at radius 1 is 1.44 bits per heavy atom. The molecule has 2 rings (SSSR count). The maximum absolute atomic E-state index is 9.41. The summed E-state index contributed by atoms with van der Waals surface area (Å²) in [6.45, 7) is 4.60. The van der Waals surface area contributed by atoms with E-state index < -0.39 is 0 Å². The van der Waals surface area contributed by atoms with Crippen molar-refractivity contribution in [2.75, 3.05) is 6.54 Å². The zero-order chi connectivity index (χ0) is 13.0. The smallest absolute Gasteiger partial charge is 0.227 e. The van der Waals surface area contributed by atoms with Crippen molar-refractivity contribution in [3.8, 4) is 5.75 Å². The lowest BCUT2D eigenvalue weighted by Gasteiger charge is -2.13. The molecular formula is C13H17N3O2. The number of phenols is 1. The highest BCUT2D eigenvalue weighted by Gasteiger charge is 2.07. The van der Waals surface area contributed by atoms with Crippen molar-refractivity contribution < 1.29 is 9.63 Å². The van der Waals surface area contributed by atoms with Crippen molar-refractivity contribution in [2.24, 2.45) is 0 Å². The Labute approximate surface area is 106 Å². The Balaban J connectivity index is 1.83. The van der Waals surface area contributed by atoms with Crippen molar-refractivity contribution in [1.82, 2.24) is 15.5 Å². The highest BCUT2D eigenvalue weighted by Crippen LogP contribution is 2.17. The minimum Gasteiger partial charge on any atom is -0.508 e. The standard InChI is InChI=1S/C13H17N3O2/c1-9(11-4-3-5-12(17)8-11)14-7-6-13-15-10(2)16-18-13/h3-5,8-9,14,17H,6-7H2,1-2H3. The first-order valence-corrected chi connectivity index (χ1v) is 5.96. The highest BCUT2D eigenvalue weighted by atomic mass is 16.5. The molecule has 2 N–H and O–H groups in total. The molecule has 0 saturated heterocycles. The van der Waals surface area contributed by atoms with E-state index in [1.54, 1.807) is 19.1 Å². The van der Waals surface area contributed by atoms with Crippen molar-refractivity contribution in [2.45, 2.75) is 26.3 Å². The highest BCUT2D eigenvalue weighted by molar-refractivity contribution is 5.28. The molecule has 1 heterocycles. The van der Waals surface area contributed by atoms with Gasteiger partial charge in [-0.2, -0.15) is 4.98 Å². The van der Waals surface area contributed by atoms with Crippen LogP contribution in [-0.4, -0.2) is 21.8 Å². The topological polar surface area (TPSA) is 71.2 Å². The number of phenolic OH excluding ortho intramolecular Hbond substituents is 1. The molecule has 5 heteroatoms. The number of nitrogens with one attached hydrogen (secondary N) is 1. The van der Waals surface area contributed by atoms with Crippen LogP contribution in [0.2, 0.25) is 0 Å². The van der Waals surface area contributed by atoms with E-state index in [0.717, 1.165) is 12.1 Å². The molecule has 0 fully saturated rings. The molecule has 0 aliphatic carbocycles. The fraction of sp³-hybridized carbons (Fsp3) is 0.385. The quantitative estimate of drug-likeness (QED) is 0.845.